The van der Waals surface area contributed by atoms with Crippen LogP contribution in [0.3, 0.4) is 0 Å². The van der Waals surface area contributed by atoms with E-state index in [1.165, 1.54) is 9.27 Å². The van der Waals surface area contributed by atoms with Crippen LogP contribution in [0.25, 0.3) is 21.3 Å². The highest BCUT2D eigenvalue weighted by molar-refractivity contribution is 7.18. The van der Waals surface area contributed by atoms with Gasteiger partial charge in [-0.2, -0.15) is 0 Å². The number of aromatic nitrogens is 2. The second-order valence-electron chi connectivity index (χ2n) is 7.12. The number of carbonyl (C=O) groups excluding carboxylic acids is 1. The summed E-state index contributed by atoms with van der Waals surface area (Å²) in [4.78, 5) is 31.7. The summed E-state index contributed by atoms with van der Waals surface area (Å²) in [6.07, 6.45) is 1.96. The lowest BCUT2D eigenvalue weighted by Gasteiger charge is -2.31. The van der Waals surface area contributed by atoms with Gasteiger partial charge in [-0.3, -0.25) is 9.36 Å². The molecule has 0 saturated carbocycles. The minimum absolute atomic E-state index is 0.00239. The van der Waals surface area contributed by atoms with Crippen molar-refractivity contribution in [2.45, 2.75) is 25.3 Å². The number of amides is 1. The Morgan fingerprint density at radius 1 is 1.18 bits per heavy atom. The molecule has 1 fully saturated rings. The monoisotopic (exact) mass is 393 g/mol. The van der Waals surface area contributed by atoms with E-state index in [0.29, 0.717) is 24.2 Å². The fourth-order valence-corrected chi connectivity index (χ4v) is 4.96. The second kappa shape index (κ2) is 6.91. The number of thiazole rings is 1. The fourth-order valence-electron chi connectivity index (χ4n) is 3.87. The topological polar surface area (TPSA) is 68.3 Å². The third kappa shape index (κ3) is 3.01. The predicted octanol–water partition coefficient (Wildman–Crippen LogP) is 3.61. The molecule has 28 heavy (non-hydrogen) atoms. The fraction of sp³-hybridized carbons (Fsp3) is 0.286. The van der Waals surface area contributed by atoms with Gasteiger partial charge in [-0.05, 0) is 37.1 Å². The molecule has 0 aliphatic carbocycles. The Hall–Kier alpha value is -2.93. The van der Waals surface area contributed by atoms with Crippen molar-refractivity contribution < 1.29 is 9.21 Å². The third-order valence-electron chi connectivity index (χ3n) is 5.30. The number of carbonyl (C=O) groups is 1. The molecule has 6 nitrogen and oxygen atoms in total. The summed E-state index contributed by atoms with van der Waals surface area (Å²) in [5, 5.41) is 1.09. The van der Waals surface area contributed by atoms with Crippen molar-refractivity contribution in [3.8, 4) is 0 Å². The van der Waals surface area contributed by atoms with Crippen LogP contribution in [0.5, 0.6) is 0 Å². The number of fused-ring (bicyclic) bond motifs is 2. The summed E-state index contributed by atoms with van der Waals surface area (Å²) < 4.78 is 7.83. The maximum atomic E-state index is 12.9. The Labute approximate surface area is 165 Å². The molecule has 3 heterocycles. The molecule has 2 aromatic heterocycles. The first-order valence-electron chi connectivity index (χ1n) is 9.40. The van der Waals surface area contributed by atoms with Crippen LogP contribution >= 0.6 is 11.3 Å². The maximum absolute atomic E-state index is 12.9. The SMILES string of the molecule is O=C(Cn1c(=O)oc2ccccc21)N1CCC[C@H](c2nc3ccccc3s2)C1. The van der Waals surface area contributed by atoms with E-state index in [4.69, 9.17) is 9.40 Å². The Morgan fingerprint density at radius 3 is 2.89 bits per heavy atom. The van der Waals surface area contributed by atoms with Crippen LogP contribution in [-0.4, -0.2) is 33.4 Å². The lowest BCUT2D eigenvalue weighted by atomic mass is 9.98. The van der Waals surface area contributed by atoms with Crippen molar-refractivity contribution in [1.82, 2.24) is 14.5 Å². The number of hydrogen-bond donors (Lipinski definition) is 0. The molecule has 0 bridgehead atoms. The number of rotatable bonds is 3. The highest BCUT2D eigenvalue weighted by atomic mass is 32.1. The van der Waals surface area contributed by atoms with Gasteiger partial charge in [-0.15, -0.1) is 11.3 Å². The molecule has 5 rings (SSSR count). The second-order valence-corrected chi connectivity index (χ2v) is 8.18. The molecule has 1 aliphatic heterocycles. The molecule has 1 aliphatic rings. The van der Waals surface area contributed by atoms with E-state index >= 15 is 0 Å². The summed E-state index contributed by atoms with van der Waals surface area (Å²) in [6, 6.07) is 15.3. The number of piperidine rings is 1. The number of hydrogen-bond acceptors (Lipinski definition) is 5. The van der Waals surface area contributed by atoms with E-state index < -0.39 is 5.76 Å². The van der Waals surface area contributed by atoms with Gasteiger partial charge < -0.3 is 9.32 Å². The van der Waals surface area contributed by atoms with Crippen LogP contribution in [0, 0.1) is 0 Å². The first kappa shape index (κ1) is 17.2. The summed E-state index contributed by atoms with van der Waals surface area (Å²) >= 11 is 1.71. The number of benzene rings is 2. The lowest BCUT2D eigenvalue weighted by Crippen LogP contribution is -2.41. The molecule has 4 aromatic rings. The molecule has 7 heteroatoms. The van der Waals surface area contributed by atoms with Gasteiger partial charge in [0, 0.05) is 19.0 Å². The highest BCUT2D eigenvalue weighted by Gasteiger charge is 2.27. The van der Waals surface area contributed by atoms with Crippen molar-refractivity contribution in [3.05, 3.63) is 64.1 Å². The molecule has 2 aromatic carbocycles. The zero-order chi connectivity index (χ0) is 19.1. The molecule has 1 saturated heterocycles. The van der Waals surface area contributed by atoms with Crippen LogP contribution < -0.4 is 5.76 Å². The van der Waals surface area contributed by atoms with E-state index in [0.717, 1.165) is 23.4 Å². The van der Waals surface area contributed by atoms with E-state index in [9.17, 15) is 9.59 Å². The summed E-state index contributed by atoms with van der Waals surface area (Å²) in [7, 11) is 0. The summed E-state index contributed by atoms with van der Waals surface area (Å²) in [6.45, 7) is 1.36. The minimum Gasteiger partial charge on any atom is -0.408 e. The first-order chi connectivity index (χ1) is 13.7. The normalized spacial score (nSPS) is 17.4. The Morgan fingerprint density at radius 2 is 2.00 bits per heavy atom. The average molecular weight is 393 g/mol. The van der Waals surface area contributed by atoms with Gasteiger partial charge >= 0.3 is 5.76 Å². The predicted molar refractivity (Wildman–Crippen MR) is 109 cm³/mol. The Balaban J connectivity index is 1.36. The van der Waals surface area contributed by atoms with E-state index in [1.54, 1.807) is 23.5 Å². The van der Waals surface area contributed by atoms with Crippen molar-refractivity contribution in [2.75, 3.05) is 13.1 Å². The quantitative estimate of drug-likeness (QED) is 0.533. The van der Waals surface area contributed by atoms with Gasteiger partial charge in [-0.1, -0.05) is 24.3 Å². The number of oxazole rings is 1. The zero-order valence-electron chi connectivity index (χ0n) is 15.2. The Bertz CT molecular complexity index is 1190. The molecule has 1 atom stereocenters. The molecule has 0 N–H and O–H groups in total. The van der Waals surface area contributed by atoms with Gasteiger partial charge in [-0.25, -0.2) is 9.78 Å². The summed E-state index contributed by atoms with van der Waals surface area (Å²) in [5.41, 5.74) is 2.18. The first-order valence-corrected chi connectivity index (χ1v) is 10.2. The highest BCUT2D eigenvalue weighted by Crippen LogP contribution is 2.33. The molecular formula is C21H19N3O3S. The van der Waals surface area contributed by atoms with Crippen molar-refractivity contribution >= 4 is 38.6 Å². The molecular weight excluding hydrogens is 374 g/mol. The molecule has 0 unspecified atom stereocenters. The van der Waals surface area contributed by atoms with E-state index in [2.05, 4.69) is 6.07 Å². The number of para-hydroxylation sites is 3. The van der Waals surface area contributed by atoms with Crippen LogP contribution in [0.4, 0.5) is 0 Å². The number of nitrogens with zero attached hydrogens (tertiary/aromatic N) is 3. The van der Waals surface area contributed by atoms with Crippen LogP contribution in [-0.2, 0) is 11.3 Å². The van der Waals surface area contributed by atoms with Crippen LogP contribution in [0.15, 0.2) is 57.7 Å². The lowest BCUT2D eigenvalue weighted by molar-refractivity contribution is -0.133. The van der Waals surface area contributed by atoms with Gasteiger partial charge in [0.15, 0.2) is 5.58 Å². The largest absolute Gasteiger partial charge is 0.420 e. The Kier molecular flexibility index (Phi) is 4.24. The van der Waals surface area contributed by atoms with Gasteiger partial charge in [0.25, 0.3) is 0 Å². The molecule has 0 spiro atoms. The zero-order valence-corrected chi connectivity index (χ0v) is 16.0. The van der Waals surface area contributed by atoms with E-state index in [1.807, 2.05) is 35.2 Å². The van der Waals surface area contributed by atoms with Crippen molar-refractivity contribution in [2.24, 2.45) is 0 Å². The third-order valence-corrected chi connectivity index (χ3v) is 6.50. The molecule has 0 radical (unpaired) electrons. The van der Waals surface area contributed by atoms with E-state index in [-0.39, 0.29) is 18.4 Å². The maximum Gasteiger partial charge on any atom is 0.420 e. The minimum atomic E-state index is -0.491. The van der Waals surface area contributed by atoms with Crippen LogP contribution in [0.2, 0.25) is 0 Å². The standard InChI is InChI=1S/C21H19N3O3S/c25-19(13-24-16-8-2-3-9-17(16)27-21(24)26)23-11-5-6-14(12-23)20-22-15-7-1-4-10-18(15)28-20/h1-4,7-10,14H,5-6,11-13H2/t14-/m0/s1. The summed E-state index contributed by atoms with van der Waals surface area (Å²) in [5.74, 6) is -0.304. The smallest absolute Gasteiger partial charge is 0.408 e. The van der Waals surface area contributed by atoms with Crippen LogP contribution in [0.1, 0.15) is 23.8 Å². The average Bonchev–Trinajstić information content (AvgIpc) is 3.29. The van der Waals surface area contributed by atoms with Gasteiger partial charge in [0.1, 0.15) is 6.54 Å². The van der Waals surface area contributed by atoms with Crippen molar-refractivity contribution in [1.29, 1.82) is 0 Å². The molecule has 1 amide bonds. The van der Waals surface area contributed by atoms with Gasteiger partial charge in [0.05, 0.1) is 20.7 Å². The van der Waals surface area contributed by atoms with Crippen molar-refractivity contribution in [3.63, 3.8) is 0 Å². The number of likely N-dealkylation sites (tertiary alicyclic amines) is 1. The van der Waals surface area contributed by atoms with Gasteiger partial charge in [0.2, 0.25) is 5.91 Å². The molecule has 142 valence electrons.